The molecule has 0 aliphatic carbocycles. The van der Waals surface area contributed by atoms with Gasteiger partial charge >= 0.3 is 5.97 Å². The van der Waals surface area contributed by atoms with Gasteiger partial charge in [0.2, 0.25) is 0 Å². The van der Waals surface area contributed by atoms with E-state index in [1.54, 1.807) is 13.1 Å². The number of rotatable bonds is 6. The lowest BCUT2D eigenvalue weighted by Gasteiger charge is -2.23. The maximum atomic E-state index is 11.5. The number of hydrogen-bond donors (Lipinski definition) is 1. The van der Waals surface area contributed by atoms with Crippen molar-refractivity contribution in [3.05, 3.63) is 47.8 Å². The first-order valence-corrected chi connectivity index (χ1v) is 7.47. The van der Waals surface area contributed by atoms with E-state index in [4.69, 9.17) is 10.5 Å². The second-order valence-electron chi connectivity index (χ2n) is 5.86. The van der Waals surface area contributed by atoms with E-state index >= 15 is 0 Å². The van der Waals surface area contributed by atoms with Crippen LogP contribution in [0.25, 0.3) is 5.69 Å². The number of hydrogen-bond acceptors (Lipinski definition) is 4. The first-order chi connectivity index (χ1) is 10.5. The van der Waals surface area contributed by atoms with Gasteiger partial charge in [-0.3, -0.25) is 4.79 Å². The van der Waals surface area contributed by atoms with Crippen molar-refractivity contribution in [1.82, 2.24) is 9.78 Å². The fourth-order valence-electron chi connectivity index (χ4n) is 2.26. The SMILES string of the molecule is CCOC(=O)Cc1ccc(-n2nccc2C(C)(C)CN)cc1. The molecule has 0 saturated carbocycles. The zero-order valence-corrected chi connectivity index (χ0v) is 13.4. The standard InChI is InChI=1S/C17H23N3O2/c1-4-22-16(21)11-13-5-7-14(8-6-13)20-15(9-10-19-20)17(2,3)12-18/h5-10H,4,11-12,18H2,1-3H3. The Balaban J connectivity index is 2.22. The molecular weight excluding hydrogens is 278 g/mol. The van der Waals surface area contributed by atoms with Crippen LogP contribution in [0.15, 0.2) is 36.5 Å². The summed E-state index contributed by atoms with van der Waals surface area (Å²) in [5.41, 5.74) is 8.65. The Morgan fingerprint density at radius 3 is 2.55 bits per heavy atom. The number of aromatic nitrogens is 2. The van der Waals surface area contributed by atoms with Gasteiger partial charge in [0.15, 0.2) is 0 Å². The smallest absolute Gasteiger partial charge is 0.310 e. The summed E-state index contributed by atoms with van der Waals surface area (Å²) >= 11 is 0. The molecule has 5 nitrogen and oxygen atoms in total. The summed E-state index contributed by atoms with van der Waals surface area (Å²) in [6, 6.07) is 9.75. The van der Waals surface area contributed by atoms with Gasteiger partial charge in [0.05, 0.1) is 24.4 Å². The van der Waals surface area contributed by atoms with E-state index in [1.165, 1.54) is 0 Å². The van der Waals surface area contributed by atoms with Crippen molar-refractivity contribution >= 4 is 5.97 Å². The third kappa shape index (κ3) is 3.54. The largest absolute Gasteiger partial charge is 0.466 e. The molecule has 0 spiro atoms. The molecule has 0 unspecified atom stereocenters. The monoisotopic (exact) mass is 301 g/mol. The Bertz CT molecular complexity index is 630. The van der Waals surface area contributed by atoms with Crippen LogP contribution >= 0.6 is 0 Å². The molecule has 0 radical (unpaired) electrons. The molecule has 2 rings (SSSR count). The summed E-state index contributed by atoms with van der Waals surface area (Å²) in [7, 11) is 0. The molecule has 0 bridgehead atoms. The van der Waals surface area contributed by atoms with E-state index in [-0.39, 0.29) is 17.8 Å². The van der Waals surface area contributed by atoms with Crippen molar-refractivity contribution in [2.45, 2.75) is 32.6 Å². The van der Waals surface area contributed by atoms with Gasteiger partial charge in [0.1, 0.15) is 0 Å². The van der Waals surface area contributed by atoms with Crippen molar-refractivity contribution in [2.24, 2.45) is 5.73 Å². The van der Waals surface area contributed by atoms with Crippen LogP contribution in [0, 0.1) is 0 Å². The number of esters is 1. The molecule has 1 aromatic heterocycles. The van der Waals surface area contributed by atoms with Crippen molar-refractivity contribution in [2.75, 3.05) is 13.2 Å². The summed E-state index contributed by atoms with van der Waals surface area (Å²) < 4.78 is 6.85. The van der Waals surface area contributed by atoms with Gasteiger partial charge in [-0.1, -0.05) is 26.0 Å². The first kappa shape index (κ1) is 16.2. The third-order valence-electron chi connectivity index (χ3n) is 3.68. The molecule has 0 saturated heterocycles. The van der Waals surface area contributed by atoms with Crippen molar-refractivity contribution < 1.29 is 9.53 Å². The molecule has 1 heterocycles. The minimum atomic E-state index is -0.209. The number of benzene rings is 1. The van der Waals surface area contributed by atoms with E-state index in [0.29, 0.717) is 13.2 Å². The van der Waals surface area contributed by atoms with Crippen LogP contribution < -0.4 is 5.73 Å². The Labute approximate surface area is 131 Å². The maximum Gasteiger partial charge on any atom is 0.310 e. The first-order valence-electron chi connectivity index (χ1n) is 7.47. The summed E-state index contributed by atoms with van der Waals surface area (Å²) in [6.45, 7) is 6.94. The molecule has 118 valence electrons. The highest BCUT2D eigenvalue weighted by atomic mass is 16.5. The quantitative estimate of drug-likeness (QED) is 0.831. The second kappa shape index (κ2) is 6.75. The molecule has 0 atom stereocenters. The van der Waals surface area contributed by atoms with E-state index in [1.807, 2.05) is 35.0 Å². The predicted molar refractivity (Wildman–Crippen MR) is 86.0 cm³/mol. The highest BCUT2D eigenvalue weighted by molar-refractivity contribution is 5.72. The van der Waals surface area contributed by atoms with Gasteiger partial charge in [-0.05, 0) is 30.7 Å². The van der Waals surface area contributed by atoms with Gasteiger partial charge in [0, 0.05) is 18.2 Å². The Kier molecular flexibility index (Phi) is 4.98. The van der Waals surface area contributed by atoms with Crippen molar-refractivity contribution in [3.8, 4) is 5.69 Å². The van der Waals surface area contributed by atoms with E-state index in [9.17, 15) is 4.79 Å². The number of nitrogens with two attached hydrogens (primary N) is 1. The molecule has 2 N–H and O–H groups in total. The summed E-state index contributed by atoms with van der Waals surface area (Å²) in [4.78, 5) is 11.5. The van der Waals surface area contributed by atoms with Gasteiger partial charge in [-0.15, -0.1) is 0 Å². The Hall–Kier alpha value is -2.14. The normalized spacial score (nSPS) is 11.5. The lowest BCUT2D eigenvalue weighted by Crippen LogP contribution is -2.30. The summed E-state index contributed by atoms with van der Waals surface area (Å²) in [5.74, 6) is -0.209. The number of ether oxygens (including phenoxy) is 1. The minimum Gasteiger partial charge on any atom is -0.466 e. The third-order valence-corrected chi connectivity index (χ3v) is 3.68. The molecule has 1 aromatic carbocycles. The lowest BCUT2D eigenvalue weighted by molar-refractivity contribution is -0.142. The molecule has 0 fully saturated rings. The predicted octanol–water partition coefficient (Wildman–Crippen LogP) is 2.21. The second-order valence-corrected chi connectivity index (χ2v) is 5.86. The van der Waals surface area contributed by atoms with Crippen molar-refractivity contribution in [3.63, 3.8) is 0 Å². The number of carbonyl (C=O) groups excluding carboxylic acids is 1. The van der Waals surface area contributed by atoms with Crippen LogP contribution in [0.5, 0.6) is 0 Å². The average molecular weight is 301 g/mol. The molecule has 0 aliphatic rings. The molecule has 2 aromatic rings. The van der Waals surface area contributed by atoms with Gasteiger partial charge in [0.25, 0.3) is 0 Å². The Morgan fingerprint density at radius 2 is 1.95 bits per heavy atom. The zero-order chi connectivity index (χ0) is 16.2. The Morgan fingerprint density at radius 1 is 1.27 bits per heavy atom. The molecule has 22 heavy (non-hydrogen) atoms. The molecule has 0 aliphatic heterocycles. The van der Waals surface area contributed by atoms with Gasteiger partial charge < -0.3 is 10.5 Å². The summed E-state index contributed by atoms with van der Waals surface area (Å²) in [6.07, 6.45) is 2.06. The van der Waals surface area contributed by atoms with E-state index in [2.05, 4.69) is 18.9 Å². The fraction of sp³-hybridized carbons (Fsp3) is 0.412. The van der Waals surface area contributed by atoms with Crippen LogP contribution in [-0.4, -0.2) is 28.9 Å². The zero-order valence-electron chi connectivity index (χ0n) is 13.4. The molecule has 0 amide bonds. The van der Waals surface area contributed by atoms with E-state index < -0.39 is 0 Å². The number of carbonyl (C=O) groups is 1. The van der Waals surface area contributed by atoms with Crippen LogP contribution in [0.4, 0.5) is 0 Å². The fourth-order valence-corrected chi connectivity index (χ4v) is 2.26. The van der Waals surface area contributed by atoms with Crippen LogP contribution in [0.2, 0.25) is 0 Å². The van der Waals surface area contributed by atoms with Crippen LogP contribution in [0.1, 0.15) is 32.0 Å². The van der Waals surface area contributed by atoms with Crippen molar-refractivity contribution in [1.29, 1.82) is 0 Å². The summed E-state index contributed by atoms with van der Waals surface area (Å²) in [5, 5.41) is 4.39. The topological polar surface area (TPSA) is 70.1 Å². The molecular formula is C17H23N3O2. The van der Waals surface area contributed by atoms with Crippen LogP contribution in [0.3, 0.4) is 0 Å². The maximum absolute atomic E-state index is 11.5. The highest BCUT2D eigenvalue weighted by Gasteiger charge is 2.23. The van der Waals surface area contributed by atoms with Gasteiger partial charge in [-0.25, -0.2) is 4.68 Å². The highest BCUT2D eigenvalue weighted by Crippen LogP contribution is 2.24. The van der Waals surface area contributed by atoms with Gasteiger partial charge in [-0.2, -0.15) is 5.10 Å². The minimum absolute atomic E-state index is 0.153. The molecule has 5 heteroatoms. The lowest BCUT2D eigenvalue weighted by atomic mass is 9.89. The number of nitrogens with zero attached hydrogens (tertiary/aromatic N) is 2. The average Bonchev–Trinajstić information content (AvgIpc) is 2.98. The van der Waals surface area contributed by atoms with Crippen LogP contribution in [-0.2, 0) is 21.4 Å². The van der Waals surface area contributed by atoms with E-state index in [0.717, 1.165) is 16.9 Å².